The molecule has 2 aromatic rings. The maximum atomic E-state index is 9.98. The molecule has 0 saturated carbocycles. The molecule has 1 aliphatic heterocycles. The largest absolute Gasteiger partial charge is 0.397 e. The molecule has 1 aliphatic rings. The molecule has 1 fully saturated rings. The normalized spacial score (nSPS) is 24.7. The van der Waals surface area contributed by atoms with E-state index in [4.69, 9.17) is 10.4 Å². The van der Waals surface area contributed by atoms with Crippen LogP contribution in [0.25, 0.3) is 11.0 Å². The summed E-state index contributed by atoms with van der Waals surface area (Å²) in [5, 5.41) is 17.6. The summed E-state index contributed by atoms with van der Waals surface area (Å²) < 4.78 is 4.73. The molecule has 90 valence electrons. The smallest absolute Gasteiger partial charge is 0.160 e. The summed E-state index contributed by atoms with van der Waals surface area (Å²) >= 11 is 0. The van der Waals surface area contributed by atoms with Gasteiger partial charge >= 0.3 is 0 Å². The molecule has 3 N–H and O–H groups in total. The van der Waals surface area contributed by atoms with E-state index in [2.05, 4.69) is 15.2 Å². The predicted molar refractivity (Wildman–Crippen MR) is 63.7 cm³/mol. The van der Waals surface area contributed by atoms with E-state index in [1.54, 1.807) is 6.07 Å². The average Bonchev–Trinajstić information content (AvgIpc) is 2.86. The summed E-state index contributed by atoms with van der Waals surface area (Å²) in [5.41, 5.74) is 7.84. The molecule has 6 heteroatoms. The zero-order chi connectivity index (χ0) is 12.0. The number of fused-ring (bicyclic) bond motifs is 1. The highest BCUT2D eigenvalue weighted by Gasteiger charge is 2.32. The summed E-state index contributed by atoms with van der Waals surface area (Å²) in [6.45, 7) is 3.21. The standard InChI is InChI=1S/C11H14N4O2/c1-11(16)4-5-15(6-11)8-3-2-7(12)9-10(8)14-17-13-9/h2-3,16H,4-6,12H2,1H3. The van der Waals surface area contributed by atoms with Crippen LogP contribution in [0.15, 0.2) is 16.8 Å². The SMILES string of the molecule is CC1(O)CCN(c2ccc(N)c3nonc23)C1. The second kappa shape index (κ2) is 3.33. The topological polar surface area (TPSA) is 88.4 Å². The first kappa shape index (κ1) is 10.3. The maximum Gasteiger partial charge on any atom is 0.160 e. The molecule has 1 unspecified atom stereocenters. The van der Waals surface area contributed by atoms with E-state index in [9.17, 15) is 5.11 Å². The van der Waals surface area contributed by atoms with Crippen molar-refractivity contribution in [3.05, 3.63) is 12.1 Å². The van der Waals surface area contributed by atoms with Crippen molar-refractivity contribution >= 4 is 22.4 Å². The van der Waals surface area contributed by atoms with E-state index >= 15 is 0 Å². The fourth-order valence-electron chi connectivity index (χ4n) is 2.28. The van der Waals surface area contributed by atoms with Crippen LogP contribution in [0.2, 0.25) is 0 Å². The van der Waals surface area contributed by atoms with Crippen LogP contribution >= 0.6 is 0 Å². The monoisotopic (exact) mass is 234 g/mol. The van der Waals surface area contributed by atoms with Gasteiger partial charge in [0.15, 0.2) is 11.0 Å². The number of anilines is 2. The van der Waals surface area contributed by atoms with Crippen molar-refractivity contribution in [1.82, 2.24) is 10.3 Å². The third-order valence-electron chi connectivity index (χ3n) is 3.22. The molecule has 1 aromatic carbocycles. The van der Waals surface area contributed by atoms with Crippen LogP contribution < -0.4 is 10.6 Å². The highest BCUT2D eigenvalue weighted by atomic mass is 16.6. The van der Waals surface area contributed by atoms with Gasteiger partial charge in [-0.25, -0.2) is 4.63 Å². The Morgan fingerprint density at radius 3 is 2.88 bits per heavy atom. The van der Waals surface area contributed by atoms with E-state index < -0.39 is 5.60 Å². The Bertz CT molecular complexity index is 564. The van der Waals surface area contributed by atoms with E-state index in [1.165, 1.54) is 0 Å². The number of aliphatic hydroxyl groups is 1. The minimum absolute atomic E-state index is 0.552. The van der Waals surface area contributed by atoms with Gasteiger partial charge in [0.1, 0.15) is 0 Å². The fourth-order valence-corrected chi connectivity index (χ4v) is 2.28. The lowest BCUT2D eigenvalue weighted by atomic mass is 10.1. The highest BCUT2D eigenvalue weighted by molar-refractivity contribution is 5.95. The number of rotatable bonds is 1. The molecular weight excluding hydrogens is 220 g/mol. The summed E-state index contributed by atoms with van der Waals surface area (Å²) in [4.78, 5) is 2.08. The Hall–Kier alpha value is -1.82. The van der Waals surface area contributed by atoms with Crippen molar-refractivity contribution in [3.8, 4) is 0 Å². The summed E-state index contributed by atoms with van der Waals surface area (Å²) in [5.74, 6) is 0. The summed E-state index contributed by atoms with van der Waals surface area (Å²) in [7, 11) is 0. The Labute approximate surface area is 98.0 Å². The van der Waals surface area contributed by atoms with Crippen molar-refractivity contribution in [2.24, 2.45) is 0 Å². The van der Waals surface area contributed by atoms with Gasteiger partial charge in [-0.2, -0.15) is 0 Å². The van der Waals surface area contributed by atoms with E-state index in [0.717, 1.165) is 18.7 Å². The van der Waals surface area contributed by atoms with Crippen LogP contribution in [-0.4, -0.2) is 34.1 Å². The number of aromatic nitrogens is 2. The van der Waals surface area contributed by atoms with Crippen molar-refractivity contribution in [3.63, 3.8) is 0 Å². The van der Waals surface area contributed by atoms with Gasteiger partial charge in [-0.15, -0.1) is 0 Å². The van der Waals surface area contributed by atoms with Crippen LogP contribution in [0.5, 0.6) is 0 Å². The van der Waals surface area contributed by atoms with Crippen LogP contribution in [0.1, 0.15) is 13.3 Å². The molecule has 6 nitrogen and oxygen atoms in total. The number of hydrogen-bond acceptors (Lipinski definition) is 6. The van der Waals surface area contributed by atoms with Gasteiger partial charge < -0.3 is 15.7 Å². The number of hydrogen-bond donors (Lipinski definition) is 2. The summed E-state index contributed by atoms with van der Waals surface area (Å²) in [6, 6.07) is 3.68. The first-order valence-electron chi connectivity index (χ1n) is 5.55. The van der Waals surface area contributed by atoms with Gasteiger partial charge in [0, 0.05) is 13.1 Å². The zero-order valence-corrected chi connectivity index (χ0v) is 9.55. The average molecular weight is 234 g/mol. The van der Waals surface area contributed by atoms with Crippen molar-refractivity contribution in [2.75, 3.05) is 23.7 Å². The Morgan fingerprint density at radius 2 is 2.18 bits per heavy atom. The molecule has 0 amide bonds. The lowest BCUT2D eigenvalue weighted by Crippen LogP contribution is -2.29. The number of nitrogens with zero attached hydrogens (tertiary/aromatic N) is 3. The Balaban J connectivity index is 2.07. The van der Waals surface area contributed by atoms with E-state index in [-0.39, 0.29) is 0 Å². The quantitative estimate of drug-likeness (QED) is 0.708. The molecule has 1 saturated heterocycles. The molecule has 3 rings (SSSR count). The fraction of sp³-hybridized carbons (Fsp3) is 0.455. The molecule has 1 aromatic heterocycles. The van der Waals surface area contributed by atoms with E-state index in [1.807, 2.05) is 13.0 Å². The molecular formula is C11H14N4O2. The second-order valence-corrected chi connectivity index (χ2v) is 4.80. The third kappa shape index (κ3) is 1.61. The Morgan fingerprint density at radius 1 is 1.41 bits per heavy atom. The van der Waals surface area contributed by atoms with Gasteiger partial charge in [0.25, 0.3) is 0 Å². The Kier molecular flexibility index (Phi) is 2.03. The predicted octanol–water partition coefficient (Wildman–Crippen LogP) is 0.766. The molecule has 0 spiro atoms. The van der Waals surface area contributed by atoms with Crippen LogP contribution in [0.4, 0.5) is 11.4 Å². The highest BCUT2D eigenvalue weighted by Crippen LogP contribution is 2.32. The molecule has 0 radical (unpaired) electrons. The molecule has 0 bridgehead atoms. The summed E-state index contributed by atoms with van der Waals surface area (Å²) in [6.07, 6.45) is 0.740. The van der Waals surface area contributed by atoms with Crippen molar-refractivity contribution in [2.45, 2.75) is 18.9 Å². The lowest BCUT2D eigenvalue weighted by Gasteiger charge is -2.20. The first-order valence-corrected chi connectivity index (χ1v) is 5.55. The lowest BCUT2D eigenvalue weighted by molar-refractivity contribution is 0.0839. The number of β-amino-alcohol motifs (C(OH)–C–C–N with tert-alkyl or cyclic N) is 1. The molecule has 2 heterocycles. The molecule has 1 atom stereocenters. The van der Waals surface area contributed by atoms with Gasteiger partial charge in [-0.3, -0.25) is 0 Å². The number of nitrogen functional groups attached to an aromatic ring is 1. The van der Waals surface area contributed by atoms with Gasteiger partial charge in [0.2, 0.25) is 0 Å². The van der Waals surface area contributed by atoms with Crippen molar-refractivity contribution in [1.29, 1.82) is 0 Å². The first-order chi connectivity index (χ1) is 8.07. The van der Waals surface area contributed by atoms with Crippen LogP contribution in [0, 0.1) is 0 Å². The van der Waals surface area contributed by atoms with E-state index in [0.29, 0.717) is 23.3 Å². The second-order valence-electron chi connectivity index (χ2n) is 4.80. The maximum absolute atomic E-state index is 9.98. The third-order valence-corrected chi connectivity index (χ3v) is 3.22. The minimum Gasteiger partial charge on any atom is -0.397 e. The van der Waals surface area contributed by atoms with Crippen LogP contribution in [0.3, 0.4) is 0 Å². The van der Waals surface area contributed by atoms with Gasteiger partial charge in [-0.05, 0) is 35.8 Å². The minimum atomic E-state index is -0.648. The molecule has 0 aliphatic carbocycles. The number of nitrogens with two attached hydrogens (primary N) is 1. The number of benzene rings is 1. The van der Waals surface area contributed by atoms with Gasteiger partial charge in [0.05, 0.1) is 17.0 Å². The van der Waals surface area contributed by atoms with Crippen molar-refractivity contribution < 1.29 is 9.74 Å². The van der Waals surface area contributed by atoms with Crippen LogP contribution in [-0.2, 0) is 0 Å². The zero-order valence-electron chi connectivity index (χ0n) is 9.55. The molecule has 17 heavy (non-hydrogen) atoms. The van der Waals surface area contributed by atoms with Gasteiger partial charge in [-0.1, -0.05) is 0 Å².